The number of amides is 1. The van der Waals surface area contributed by atoms with Crippen LogP contribution in [0.5, 0.6) is 11.5 Å². The van der Waals surface area contributed by atoms with Gasteiger partial charge >= 0.3 is 0 Å². The Morgan fingerprint density at radius 2 is 1.66 bits per heavy atom. The number of ether oxygens (including phenoxy) is 2. The predicted molar refractivity (Wildman–Crippen MR) is 110 cm³/mol. The van der Waals surface area contributed by atoms with Gasteiger partial charge in [0.1, 0.15) is 0 Å². The van der Waals surface area contributed by atoms with Crippen molar-refractivity contribution in [2.75, 3.05) is 26.3 Å². The monoisotopic (exact) mass is 418 g/mol. The Labute approximate surface area is 171 Å². The van der Waals surface area contributed by atoms with E-state index in [2.05, 4.69) is 5.32 Å². The van der Waals surface area contributed by atoms with Crippen LogP contribution in [0.3, 0.4) is 0 Å². The Balaban J connectivity index is 1.64. The van der Waals surface area contributed by atoms with Gasteiger partial charge in [-0.3, -0.25) is 4.79 Å². The second-order valence-electron chi connectivity index (χ2n) is 6.63. The number of nitrogens with one attached hydrogen (secondary N) is 1. The van der Waals surface area contributed by atoms with Gasteiger partial charge in [-0.15, -0.1) is 0 Å². The highest BCUT2D eigenvalue weighted by Crippen LogP contribution is 2.30. The lowest BCUT2D eigenvalue weighted by Crippen LogP contribution is -2.30. The number of carbonyl (C=O) groups excluding carboxylic acids is 1. The van der Waals surface area contributed by atoms with E-state index in [1.807, 2.05) is 13.8 Å². The summed E-state index contributed by atoms with van der Waals surface area (Å²) in [6.07, 6.45) is 0.802. The zero-order valence-electron chi connectivity index (χ0n) is 16.7. The zero-order chi connectivity index (χ0) is 20.9. The molecule has 0 atom stereocenters. The van der Waals surface area contributed by atoms with Crippen molar-refractivity contribution in [2.24, 2.45) is 0 Å². The molecule has 1 aliphatic heterocycles. The third kappa shape index (κ3) is 4.89. The number of sulfonamides is 1. The molecular weight excluding hydrogens is 392 g/mol. The molecule has 0 unspecified atom stereocenters. The van der Waals surface area contributed by atoms with Gasteiger partial charge in [-0.2, -0.15) is 4.31 Å². The van der Waals surface area contributed by atoms with E-state index in [9.17, 15) is 13.2 Å². The summed E-state index contributed by atoms with van der Waals surface area (Å²) in [5.74, 6) is 0.977. The Hall–Kier alpha value is -2.58. The second-order valence-corrected chi connectivity index (χ2v) is 8.57. The van der Waals surface area contributed by atoms with Gasteiger partial charge < -0.3 is 14.8 Å². The minimum atomic E-state index is -3.48. The summed E-state index contributed by atoms with van der Waals surface area (Å²) in [6.45, 7) is 5.91. The predicted octanol–water partition coefficient (Wildman–Crippen LogP) is 2.81. The molecule has 2 aromatic rings. The molecule has 0 fully saturated rings. The van der Waals surface area contributed by atoms with Crippen LogP contribution in [0.4, 0.5) is 0 Å². The van der Waals surface area contributed by atoms with Gasteiger partial charge in [0.2, 0.25) is 10.0 Å². The summed E-state index contributed by atoms with van der Waals surface area (Å²) in [6, 6.07) is 11.7. The molecule has 3 rings (SSSR count). The second kappa shape index (κ2) is 9.28. The maximum Gasteiger partial charge on any atom is 0.251 e. The minimum absolute atomic E-state index is 0.236. The standard InChI is InChI=1S/C21H26N2O5S/c1-3-23(4-2)29(25,26)18-9-6-16(7-10-18)15-22-21(24)17-8-11-19-20(14-17)28-13-5-12-27-19/h6-11,14H,3-5,12-13,15H2,1-2H3,(H,22,24). The first-order valence-corrected chi connectivity index (χ1v) is 11.2. The smallest absolute Gasteiger partial charge is 0.251 e. The van der Waals surface area contributed by atoms with Gasteiger partial charge in [-0.25, -0.2) is 8.42 Å². The number of hydrogen-bond acceptors (Lipinski definition) is 5. The summed E-state index contributed by atoms with van der Waals surface area (Å²) >= 11 is 0. The van der Waals surface area contributed by atoms with Crippen LogP contribution in [-0.4, -0.2) is 44.9 Å². The molecule has 29 heavy (non-hydrogen) atoms. The normalized spacial score (nSPS) is 13.8. The van der Waals surface area contributed by atoms with Gasteiger partial charge in [0, 0.05) is 31.6 Å². The zero-order valence-corrected chi connectivity index (χ0v) is 17.5. The first-order valence-electron chi connectivity index (χ1n) is 9.72. The number of hydrogen-bond donors (Lipinski definition) is 1. The quantitative estimate of drug-likeness (QED) is 0.747. The highest BCUT2D eigenvalue weighted by atomic mass is 32.2. The van der Waals surface area contributed by atoms with Crippen LogP contribution < -0.4 is 14.8 Å². The fourth-order valence-electron chi connectivity index (χ4n) is 3.08. The summed E-state index contributed by atoms with van der Waals surface area (Å²) < 4.78 is 37.7. The van der Waals surface area contributed by atoms with Crippen molar-refractivity contribution in [2.45, 2.75) is 31.7 Å². The molecule has 1 N–H and O–H groups in total. The van der Waals surface area contributed by atoms with Crippen molar-refractivity contribution in [3.63, 3.8) is 0 Å². The van der Waals surface area contributed by atoms with Gasteiger partial charge in [-0.05, 0) is 35.9 Å². The SMILES string of the molecule is CCN(CC)S(=O)(=O)c1ccc(CNC(=O)c2ccc3c(c2)OCCCO3)cc1. The number of nitrogens with zero attached hydrogens (tertiary/aromatic N) is 1. The molecule has 0 saturated heterocycles. The lowest BCUT2D eigenvalue weighted by atomic mass is 10.1. The third-order valence-electron chi connectivity index (χ3n) is 4.73. The molecule has 1 heterocycles. The highest BCUT2D eigenvalue weighted by Gasteiger charge is 2.21. The molecule has 2 aromatic carbocycles. The van der Waals surface area contributed by atoms with Gasteiger partial charge in [0.25, 0.3) is 5.91 Å². The number of benzene rings is 2. The van der Waals surface area contributed by atoms with Crippen molar-refractivity contribution in [3.8, 4) is 11.5 Å². The Morgan fingerprint density at radius 1 is 1.00 bits per heavy atom. The van der Waals surface area contributed by atoms with Crippen molar-refractivity contribution < 1.29 is 22.7 Å². The summed E-state index contributed by atoms with van der Waals surface area (Å²) in [5.41, 5.74) is 1.29. The van der Waals surface area contributed by atoms with Crippen molar-refractivity contribution >= 4 is 15.9 Å². The van der Waals surface area contributed by atoms with E-state index in [0.29, 0.717) is 49.9 Å². The average Bonchev–Trinajstić information content (AvgIpc) is 2.98. The minimum Gasteiger partial charge on any atom is -0.490 e. The van der Waals surface area contributed by atoms with Crippen LogP contribution in [-0.2, 0) is 16.6 Å². The number of carbonyl (C=O) groups is 1. The maximum absolute atomic E-state index is 12.5. The van der Waals surface area contributed by atoms with E-state index >= 15 is 0 Å². The first-order chi connectivity index (χ1) is 14.0. The van der Waals surface area contributed by atoms with Crippen LogP contribution in [0.25, 0.3) is 0 Å². The largest absolute Gasteiger partial charge is 0.490 e. The van der Waals surface area contributed by atoms with E-state index in [-0.39, 0.29) is 10.8 Å². The summed E-state index contributed by atoms with van der Waals surface area (Å²) in [4.78, 5) is 12.7. The topological polar surface area (TPSA) is 84.9 Å². The van der Waals surface area contributed by atoms with Gasteiger partial charge in [-0.1, -0.05) is 26.0 Å². The van der Waals surface area contributed by atoms with E-state index in [4.69, 9.17) is 9.47 Å². The molecule has 0 aliphatic carbocycles. The number of fused-ring (bicyclic) bond motifs is 1. The fraction of sp³-hybridized carbons (Fsp3) is 0.381. The van der Waals surface area contributed by atoms with E-state index < -0.39 is 10.0 Å². The van der Waals surface area contributed by atoms with Crippen LogP contribution in [0.2, 0.25) is 0 Å². The van der Waals surface area contributed by atoms with Gasteiger partial charge in [0.05, 0.1) is 18.1 Å². The molecule has 0 aromatic heterocycles. The Kier molecular flexibility index (Phi) is 6.76. The Morgan fingerprint density at radius 3 is 2.31 bits per heavy atom. The molecule has 156 valence electrons. The fourth-order valence-corrected chi connectivity index (χ4v) is 4.54. The van der Waals surface area contributed by atoms with Crippen LogP contribution in [0.1, 0.15) is 36.2 Å². The summed E-state index contributed by atoms with van der Waals surface area (Å²) in [7, 11) is -3.48. The van der Waals surface area contributed by atoms with Crippen molar-refractivity contribution in [3.05, 3.63) is 53.6 Å². The molecule has 8 heteroatoms. The summed E-state index contributed by atoms with van der Waals surface area (Å²) in [5, 5.41) is 2.85. The molecule has 1 amide bonds. The molecule has 0 spiro atoms. The molecular formula is C21H26N2O5S. The van der Waals surface area contributed by atoms with Crippen LogP contribution in [0, 0.1) is 0 Å². The average molecular weight is 419 g/mol. The van der Waals surface area contributed by atoms with Gasteiger partial charge in [0.15, 0.2) is 11.5 Å². The van der Waals surface area contributed by atoms with E-state index in [1.54, 1.807) is 42.5 Å². The van der Waals surface area contributed by atoms with Crippen molar-refractivity contribution in [1.29, 1.82) is 0 Å². The molecule has 0 saturated carbocycles. The van der Waals surface area contributed by atoms with Crippen molar-refractivity contribution in [1.82, 2.24) is 9.62 Å². The lowest BCUT2D eigenvalue weighted by Gasteiger charge is -2.18. The molecule has 0 radical (unpaired) electrons. The third-order valence-corrected chi connectivity index (χ3v) is 6.79. The lowest BCUT2D eigenvalue weighted by molar-refractivity contribution is 0.0950. The highest BCUT2D eigenvalue weighted by molar-refractivity contribution is 7.89. The van der Waals surface area contributed by atoms with Crippen LogP contribution in [0.15, 0.2) is 47.4 Å². The Bertz CT molecular complexity index is 954. The number of rotatable bonds is 7. The molecule has 7 nitrogen and oxygen atoms in total. The maximum atomic E-state index is 12.5. The molecule has 1 aliphatic rings. The first kappa shape index (κ1) is 21.1. The molecule has 0 bridgehead atoms. The van der Waals surface area contributed by atoms with E-state index in [0.717, 1.165) is 12.0 Å². The van der Waals surface area contributed by atoms with E-state index in [1.165, 1.54) is 4.31 Å². The van der Waals surface area contributed by atoms with Crippen LogP contribution >= 0.6 is 0 Å².